The molecule has 9 heteroatoms. The number of amides is 2. The van der Waals surface area contributed by atoms with Crippen LogP contribution >= 0.6 is 0 Å². The van der Waals surface area contributed by atoms with Crippen LogP contribution in [0.3, 0.4) is 0 Å². The Hall–Kier alpha value is -2.91. The lowest BCUT2D eigenvalue weighted by molar-refractivity contribution is -0.120. The van der Waals surface area contributed by atoms with E-state index in [0.29, 0.717) is 11.4 Å². The Morgan fingerprint density at radius 3 is 2.21 bits per heavy atom. The van der Waals surface area contributed by atoms with Gasteiger partial charge >= 0.3 is 0 Å². The summed E-state index contributed by atoms with van der Waals surface area (Å²) in [6.07, 6.45) is 5.04. The highest BCUT2D eigenvalue weighted by molar-refractivity contribution is 7.89. The molecule has 2 N–H and O–H groups in total. The van der Waals surface area contributed by atoms with Gasteiger partial charge < -0.3 is 15.4 Å². The summed E-state index contributed by atoms with van der Waals surface area (Å²) in [5.41, 5.74) is 1.26. The van der Waals surface area contributed by atoms with Crippen LogP contribution in [-0.2, 0) is 19.6 Å². The molecule has 1 saturated carbocycles. The molecule has 0 aromatic heterocycles. The maximum absolute atomic E-state index is 13.0. The van der Waals surface area contributed by atoms with E-state index in [2.05, 4.69) is 10.6 Å². The summed E-state index contributed by atoms with van der Waals surface area (Å²) in [5.74, 6) is 0.133. The fourth-order valence-corrected chi connectivity index (χ4v) is 5.66. The number of hydrogen-bond acceptors (Lipinski definition) is 5. The average molecular weight is 488 g/mol. The maximum atomic E-state index is 13.0. The molecule has 3 rings (SSSR count). The zero-order chi connectivity index (χ0) is 24.7. The minimum atomic E-state index is -3.60. The van der Waals surface area contributed by atoms with Gasteiger partial charge in [0.15, 0.2) is 0 Å². The van der Waals surface area contributed by atoms with Gasteiger partial charge in [-0.2, -0.15) is 4.31 Å². The Morgan fingerprint density at radius 1 is 1.03 bits per heavy atom. The fourth-order valence-electron chi connectivity index (χ4n) is 4.25. The van der Waals surface area contributed by atoms with Crippen molar-refractivity contribution in [3.05, 3.63) is 54.1 Å². The van der Waals surface area contributed by atoms with Gasteiger partial charge in [-0.25, -0.2) is 8.42 Å². The Bertz CT molecular complexity index is 1080. The Labute approximate surface area is 201 Å². The second kappa shape index (κ2) is 11.5. The number of nitrogens with zero attached hydrogens (tertiary/aromatic N) is 1. The van der Waals surface area contributed by atoms with Crippen LogP contribution in [-0.4, -0.2) is 44.7 Å². The average Bonchev–Trinajstić information content (AvgIpc) is 2.83. The first-order valence-electron chi connectivity index (χ1n) is 11.5. The zero-order valence-electron chi connectivity index (χ0n) is 19.9. The molecule has 2 aromatic rings. The number of anilines is 1. The van der Waals surface area contributed by atoms with Crippen molar-refractivity contribution >= 4 is 27.5 Å². The topological polar surface area (TPSA) is 105 Å². The molecule has 1 atom stereocenters. The summed E-state index contributed by atoms with van der Waals surface area (Å²) < 4.78 is 32.6. The Morgan fingerprint density at radius 2 is 1.65 bits per heavy atom. The van der Waals surface area contributed by atoms with Crippen molar-refractivity contribution in [2.45, 2.75) is 62.4 Å². The molecule has 1 aliphatic rings. The first-order valence-corrected chi connectivity index (χ1v) is 12.9. The van der Waals surface area contributed by atoms with Crippen molar-refractivity contribution in [2.24, 2.45) is 0 Å². The van der Waals surface area contributed by atoms with Crippen molar-refractivity contribution < 1.29 is 22.7 Å². The second-order valence-corrected chi connectivity index (χ2v) is 10.6. The molecule has 1 aliphatic carbocycles. The van der Waals surface area contributed by atoms with E-state index >= 15 is 0 Å². The number of benzene rings is 2. The van der Waals surface area contributed by atoms with E-state index in [4.69, 9.17) is 4.74 Å². The molecule has 0 radical (unpaired) electrons. The van der Waals surface area contributed by atoms with Gasteiger partial charge in [-0.3, -0.25) is 9.59 Å². The summed E-state index contributed by atoms with van der Waals surface area (Å²) in [6, 6.07) is 12.9. The van der Waals surface area contributed by atoms with Gasteiger partial charge in [0.05, 0.1) is 24.5 Å². The number of carbonyl (C=O) groups excluding carboxylic acids is 2. The molecule has 34 heavy (non-hydrogen) atoms. The first-order chi connectivity index (χ1) is 16.2. The summed E-state index contributed by atoms with van der Waals surface area (Å²) in [5, 5.41) is 5.58. The zero-order valence-corrected chi connectivity index (χ0v) is 20.7. The molecule has 184 valence electrons. The lowest BCUT2D eigenvalue weighted by Crippen LogP contribution is -2.38. The third-order valence-corrected chi connectivity index (χ3v) is 8.11. The molecule has 0 saturated heterocycles. The van der Waals surface area contributed by atoms with Crippen LogP contribution in [0, 0.1) is 0 Å². The molecule has 1 fully saturated rings. The van der Waals surface area contributed by atoms with Crippen molar-refractivity contribution in [2.75, 3.05) is 19.5 Å². The fraction of sp³-hybridized carbons (Fsp3) is 0.440. The van der Waals surface area contributed by atoms with Crippen molar-refractivity contribution in [3.8, 4) is 5.75 Å². The third kappa shape index (κ3) is 6.57. The van der Waals surface area contributed by atoms with Crippen LogP contribution < -0.4 is 15.4 Å². The first kappa shape index (κ1) is 25.7. The quantitative estimate of drug-likeness (QED) is 0.559. The van der Waals surface area contributed by atoms with E-state index in [0.717, 1.165) is 37.7 Å². The second-order valence-electron chi connectivity index (χ2n) is 8.62. The van der Waals surface area contributed by atoms with Gasteiger partial charge in [-0.15, -0.1) is 0 Å². The van der Waals surface area contributed by atoms with Crippen LogP contribution in [0.25, 0.3) is 0 Å². The standard InChI is InChI=1S/C25H33N3O5S/c1-18(29)26-24(19-9-13-22(33-3)14-10-19)17-25(30)27-20-11-15-23(16-12-20)34(31,32)28(2)21-7-5-4-6-8-21/h9-16,21,24H,4-8,17H2,1-3H3,(H,26,29)(H,27,30). The van der Waals surface area contributed by atoms with Gasteiger partial charge in [-0.1, -0.05) is 31.4 Å². The molecular formula is C25H33N3O5S. The molecule has 8 nitrogen and oxygen atoms in total. The normalized spacial score (nSPS) is 15.5. The van der Waals surface area contributed by atoms with Crippen LogP contribution in [0.5, 0.6) is 5.75 Å². The monoisotopic (exact) mass is 487 g/mol. The Balaban J connectivity index is 1.66. The molecule has 0 heterocycles. The minimum absolute atomic E-state index is 0.0242. The number of nitrogens with one attached hydrogen (secondary N) is 2. The van der Waals surface area contributed by atoms with Gasteiger partial charge in [0.2, 0.25) is 21.8 Å². The van der Waals surface area contributed by atoms with Crippen LogP contribution in [0.2, 0.25) is 0 Å². The molecule has 0 bridgehead atoms. The Kier molecular flexibility index (Phi) is 8.68. The van der Waals surface area contributed by atoms with Crippen molar-refractivity contribution in [1.82, 2.24) is 9.62 Å². The van der Waals surface area contributed by atoms with Crippen LogP contribution in [0.4, 0.5) is 5.69 Å². The number of hydrogen-bond donors (Lipinski definition) is 2. The van der Waals surface area contributed by atoms with Crippen LogP contribution in [0.1, 0.15) is 57.1 Å². The smallest absolute Gasteiger partial charge is 0.243 e. The van der Waals surface area contributed by atoms with Crippen molar-refractivity contribution in [1.29, 1.82) is 0 Å². The highest BCUT2D eigenvalue weighted by Gasteiger charge is 2.29. The van der Waals surface area contributed by atoms with Gasteiger partial charge in [0.25, 0.3) is 0 Å². The lowest BCUT2D eigenvalue weighted by atomic mass is 9.96. The van der Waals surface area contributed by atoms with E-state index in [1.54, 1.807) is 50.6 Å². The molecule has 0 aliphatic heterocycles. The highest BCUT2D eigenvalue weighted by atomic mass is 32.2. The number of methoxy groups -OCH3 is 1. The third-order valence-electron chi connectivity index (χ3n) is 6.19. The molecule has 1 unspecified atom stereocenters. The number of sulfonamides is 1. The van der Waals surface area contributed by atoms with E-state index in [1.807, 2.05) is 0 Å². The van der Waals surface area contributed by atoms with Gasteiger partial charge in [0.1, 0.15) is 5.75 Å². The number of rotatable bonds is 9. The number of ether oxygens (including phenoxy) is 1. The SMILES string of the molecule is COc1ccc(C(CC(=O)Nc2ccc(S(=O)(=O)N(C)C3CCCCC3)cc2)NC(C)=O)cc1. The van der Waals surface area contributed by atoms with E-state index in [1.165, 1.54) is 23.4 Å². The van der Waals surface area contributed by atoms with Crippen LogP contribution in [0.15, 0.2) is 53.4 Å². The number of carbonyl (C=O) groups is 2. The molecule has 0 spiro atoms. The van der Waals surface area contributed by atoms with E-state index < -0.39 is 16.1 Å². The summed E-state index contributed by atoms with van der Waals surface area (Å²) >= 11 is 0. The molecule has 2 amide bonds. The predicted octanol–water partition coefficient (Wildman–Crippen LogP) is 3.85. The molecule has 2 aromatic carbocycles. The van der Waals surface area contributed by atoms with E-state index in [-0.39, 0.29) is 29.2 Å². The summed E-state index contributed by atoms with van der Waals surface area (Å²) in [4.78, 5) is 24.5. The van der Waals surface area contributed by atoms with Gasteiger partial charge in [0, 0.05) is 25.7 Å². The highest BCUT2D eigenvalue weighted by Crippen LogP contribution is 2.27. The minimum Gasteiger partial charge on any atom is -0.497 e. The summed E-state index contributed by atoms with van der Waals surface area (Å²) in [6.45, 7) is 1.40. The summed E-state index contributed by atoms with van der Waals surface area (Å²) in [7, 11) is -0.386. The molecular weight excluding hydrogens is 454 g/mol. The maximum Gasteiger partial charge on any atom is 0.243 e. The predicted molar refractivity (Wildman–Crippen MR) is 131 cm³/mol. The van der Waals surface area contributed by atoms with Crippen molar-refractivity contribution in [3.63, 3.8) is 0 Å². The largest absolute Gasteiger partial charge is 0.497 e. The van der Waals surface area contributed by atoms with Gasteiger partial charge in [-0.05, 0) is 54.8 Å². The lowest BCUT2D eigenvalue weighted by Gasteiger charge is -2.30. The van der Waals surface area contributed by atoms with E-state index in [9.17, 15) is 18.0 Å².